The molecule has 2 atom stereocenters. The first-order valence-electron chi connectivity index (χ1n) is 13.8. The highest BCUT2D eigenvalue weighted by Crippen LogP contribution is 2.43. The van der Waals surface area contributed by atoms with Gasteiger partial charge >= 0.3 is 24.3 Å². The Bertz CT molecular complexity index is 1500. The summed E-state index contributed by atoms with van der Waals surface area (Å²) in [7, 11) is 0. The number of rotatable bonds is 6. The Labute approximate surface area is 245 Å². The Hall–Kier alpha value is -3.76. The molecule has 232 valence electrons. The number of fused-ring (bicyclic) bond motifs is 2. The minimum absolute atomic E-state index is 0.0470. The Morgan fingerprint density at radius 3 is 1.79 bits per heavy atom. The molecule has 0 saturated carbocycles. The molecule has 2 heterocycles. The van der Waals surface area contributed by atoms with E-state index in [0.717, 1.165) is 17.7 Å². The maximum absolute atomic E-state index is 14.2. The van der Waals surface area contributed by atoms with E-state index < -0.39 is 47.6 Å². The maximum Gasteiger partial charge on any atom is 0.430 e. The molecule has 0 aromatic heterocycles. The quantitative estimate of drug-likeness (QED) is 0.189. The van der Waals surface area contributed by atoms with Gasteiger partial charge in [-0.25, -0.2) is 9.59 Å². The zero-order chi connectivity index (χ0) is 32.0. The van der Waals surface area contributed by atoms with E-state index in [1.54, 1.807) is 32.0 Å². The Kier molecular flexibility index (Phi) is 8.77. The van der Waals surface area contributed by atoms with Gasteiger partial charge in [-0.1, -0.05) is 45.9 Å². The van der Waals surface area contributed by atoms with E-state index in [9.17, 15) is 35.9 Å². The van der Waals surface area contributed by atoms with Gasteiger partial charge in [0.1, 0.15) is 11.5 Å². The SMILES string of the molecule is Cc1ccc2c(c1C)OC(C(F)(F)F)C(C(=O)OC(=O)C1=Cc3cc(CC(C)C)cc(CC(C)C)c3OC1C(F)(F)F)=C2. The minimum atomic E-state index is -5.10. The standard InChI is InChI=1S/C32H32F6O5/c1-15(2)9-19-11-21(10-16(3)4)26-22(12-19)14-24(28(42-26)32(36,37)38)30(40)43-29(39)23-13-20-8-7-17(5)18(6)25(20)41-27(23)31(33,34)35/h7-8,11-16,27-28H,9-10H2,1-6H3. The van der Waals surface area contributed by atoms with Crippen molar-refractivity contribution in [2.75, 3.05) is 0 Å². The molecule has 0 fully saturated rings. The molecule has 0 spiro atoms. The highest BCUT2D eigenvalue weighted by Gasteiger charge is 2.52. The molecule has 2 aromatic rings. The lowest BCUT2D eigenvalue weighted by molar-refractivity contribution is -0.191. The molecule has 0 N–H and O–H groups in total. The first-order chi connectivity index (χ1) is 19.9. The van der Waals surface area contributed by atoms with Gasteiger partial charge in [-0.15, -0.1) is 0 Å². The van der Waals surface area contributed by atoms with Gasteiger partial charge in [-0.3, -0.25) is 0 Å². The number of hydrogen-bond donors (Lipinski definition) is 0. The van der Waals surface area contributed by atoms with Gasteiger partial charge in [0.15, 0.2) is 0 Å². The van der Waals surface area contributed by atoms with E-state index in [-0.39, 0.29) is 34.5 Å². The fourth-order valence-electron chi connectivity index (χ4n) is 5.16. The molecule has 4 rings (SSSR count). The minimum Gasteiger partial charge on any atom is -0.475 e. The summed E-state index contributed by atoms with van der Waals surface area (Å²) in [6.07, 6.45) is -13.0. The Balaban J connectivity index is 1.75. The van der Waals surface area contributed by atoms with Crippen LogP contribution in [0, 0.1) is 25.7 Å². The smallest absolute Gasteiger partial charge is 0.430 e. The third kappa shape index (κ3) is 6.91. The second kappa shape index (κ2) is 11.7. The van der Waals surface area contributed by atoms with E-state index in [1.165, 1.54) is 6.07 Å². The van der Waals surface area contributed by atoms with Crippen LogP contribution < -0.4 is 9.47 Å². The lowest BCUT2D eigenvalue weighted by atomic mass is 9.90. The van der Waals surface area contributed by atoms with Crippen LogP contribution in [-0.4, -0.2) is 36.5 Å². The lowest BCUT2D eigenvalue weighted by Gasteiger charge is -2.31. The van der Waals surface area contributed by atoms with Crippen LogP contribution >= 0.6 is 0 Å². The van der Waals surface area contributed by atoms with Gasteiger partial charge in [-0.05, 0) is 79.0 Å². The topological polar surface area (TPSA) is 61.8 Å². The summed E-state index contributed by atoms with van der Waals surface area (Å²) in [6.45, 7) is 11.0. The van der Waals surface area contributed by atoms with Gasteiger partial charge in [0.25, 0.3) is 0 Å². The van der Waals surface area contributed by atoms with Crippen LogP contribution in [0.1, 0.15) is 61.1 Å². The van der Waals surface area contributed by atoms with Gasteiger partial charge < -0.3 is 14.2 Å². The second-order valence-electron chi connectivity index (χ2n) is 11.8. The summed E-state index contributed by atoms with van der Waals surface area (Å²) in [5.41, 5.74) is 0.567. The molecule has 0 aliphatic carbocycles. The molecule has 0 radical (unpaired) electrons. The van der Waals surface area contributed by atoms with E-state index in [0.29, 0.717) is 29.5 Å². The van der Waals surface area contributed by atoms with Crippen LogP contribution in [0.3, 0.4) is 0 Å². The Morgan fingerprint density at radius 2 is 1.28 bits per heavy atom. The number of hydrogen-bond acceptors (Lipinski definition) is 5. The zero-order valence-corrected chi connectivity index (χ0v) is 24.5. The number of aryl methyl sites for hydroxylation is 1. The summed E-state index contributed by atoms with van der Waals surface area (Å²) in [6, 6.07) is 6.41. The summed E-state index contributed by atoms with van der Waals surface area (Å²) in [5, 5.41) is 0. The van der Waals surface area contributed by atoms with Crippen molar-refractivity contribution in [1.29, 1.82) is 0 Å². The lowest BCUT2D eigenvalue weighted by Crippen LogP contribution is -2.43. The summed E-state index contributed by atoms with van der Waals surface area (Å²) >= 11 is 0. The molecule has 11 heteroatoms. The molecular formula is C32H32F6O5. The van der Waals surface area contributed by atoms with Gasteiger partial charge in [0.2, 0.25) is 12.2 Å². The van der Waals surface area contributed by atoms with Crippen LogP contribution in [-0.2, 0) is 27.2 Å². The number of esters is 2. The monoisotopic (exact) mass is 610 g/mol. The van der Waals surface area contributed by atoms with E-state index >= 15 is 0 Å². The largest absolute Gasteiger partial charge is 0.475 e. The van der Waals surface area contributed by atoms with Crippen molar-refractivity contribution >= 4 is 24.1 Å². The number of alkyl halides is 6. The van der Waals surface area contributed by atoms with Gasteiger partial charge in [0.05, 0.1) is 11.1 Å². The second-order valence-corrected chi connectivity index (χ2v) is 11.8. The Morgan fingerprint density at radius 1 is 0.767 bits per heavy atom. The third-order valence-corrected chi connectivity index (χ3v) is 7.14. The normalized spacial score (nSPS) is 18.3. The molecule has 5 nitrogen and oxygen atoms in total. The van der Waals surface area contributed by atoms with Crippen LogP contribution in [0.25, 0.3) is 12.2 Å². The van der Waals surface area contributed by atoms with Crippen molar-refractivity contribution < 1.29 is 50.1 Å². The summed E-state index contributed by atoms with van der Waals surface area (Å²) in [4.78, 5) is 26.1. The fraction of sp³-hybridized carbons (Fsp3) is 0.438. The van der Waals surface area contributed by atoms with E-state index in [4.69, 9.17) is 9.47 Å². The number of carbonyl (C=O) groups is 2. The van der Waals surface area contributed by atoms with Gasteiger partial charge in [0, 0.05) is 11.1 Å². The van der Waals surface area contributed by atoms with Crippen LogP contribution in [0.5, 0.6) is 11.5 Å². The van der Waals surface area contributed by atoms with Crippen molar-refractivity contribution in [1.82, 2.24) is 0 Å². The molecule has 0 saturated heterocycles. The molecule has 2 aliphatic heterocycles. The maximum atomic E-state index is 14.2. The van der Waals surface area contributed by atoms with Crippen LogP contribution in [0.4, 0.5) is 26.3 Å². The first kappa shape index (κ1) is 32.2. The number of benzene rings is 2. The highest BCUT2D eigenvalue weighted by molar-refractivity contribution is 6.07. The van der Waals surface area contributed by atoms with Crippen molar-refractivity contribution in [2.45, 2.75) is 78.9 Å². The first-order valence-corrected chi connectivity index (χ1v) is 13.8. The molecule has 0 bridgehead atoms. The van der Waals surface area contributed by atoms with E-state index in [2.05, 4.69) is 4.74 Å². The van der Waals surface area contributed by atoms with Crippen molar-refractivity contribution in [3.05, 3.63) is 68.8 Å². The number of halogens is 6. The predicted octanol–water partition coefficient (Wildman–Crippen LogP) is 7.88. The number of carbonyl (C=O) groups excluding carboxylic acids is 2. The molecule has 2 unspecified atom stereocenters. The fourth-order valence-corrected chi connectivity index (χ4v) is 5.16. The van der Waals surface area contributed by atoms with E-state index in [1.807, 2.05) is 27.7 Å². The van der Waals surface area contributed by atoms with Crippen LogP contribution in [0.2, 0.25) is 0 Å². The van der Waals surface area contributed by atoms with Crippen molar-refractivity contribution in [3.63, 3.8) is 0 Å². The van der Waals surface area contributed by atoms with Crippen molar-refractivity contribution in [2.24, 2.45) is 11.8 Å². The average Bonchev–Trinajstić information content (AvgIpc) is 2.87. The summed E-state index contributed by atoms with van der Waals surface area (Å²) in [5.74, 6) is -3.41. The van der Waals surface area contributed by atoms with Gasteiger partial charge in [-0.2, -0.15) is 26.3 Å². The highest BCUT2D eigenvalue weighted by atomic mass is 19.4. The van der Waals surface area contributed by atoms with Crippen molar-refractivity contribution in [3.8, 4) is 11.5 Å². The van der Waals surface area contributed by atoms with Crippen LogP contribution in [0.15, 0.2) is 35.4 Å². The predicted molar refractivity (Wildman–Crippen MR) is 147 cm³/mol. The molecule has 43 heavy (non-hydrogen) atoms. The molecule has 2 aromatic carbocycles. The summed E-state index contributed by atoms with van der Waals surface area (Å²) < 4.78 is 99.7. The average molecular weight is 611 g/mol. The zero-order valence-electron chi connectivity index (χ0n) is 24.5. The molecule has 2 aliphatic rings. The molecule has 0 amide bonds. The number of ether oxygens (including phenoxy) is 3. The molecular weight excluding hydrogens is 578 g/mol. The third-order valence-electron chi connectivity index (χ3n) is 7.14.